The van der Waals surface area contributed by atoms with Crippen LogP contribution in [0.2, 0.25) is 5.02 Å². The van der Waals surface area contributed by atoms with Crippen LogP contribution in [0.15, 0.2) is 66.7 Å². The first-order chi connectivity index (χ1) is 14.0. The number of rotatable bonds is 2. The van der Waals surface area contributed by atoms with Gasteiger partial charge in [0.05, 0.1) is 33.6 Å². The standard InChI is InChI=1S/C22H11ClN2O4/c23-12-8-9-17-18(10-12)22(29)25(21(17)28)14-5-3-4-13(11-14)24-19(26)15-6-1-2-7-16(15)20(24)27/h1-11H. The molecule has 0 radical (unpaired) electrons. The fourth-order valence-corrected chi connectivity index (χ4v) is 3.81. The number of imide groups is 2. The molecule has 0 fully saturated rings. The van der Waals surface area contributed by atoms with E-state index in [1.807, 2.05) is 0 Å². The minimum Gasteiger partial charge on any atom is -0.268 e. The number of carbonyl (C=O) groups is 4. The van der Waals surface area contributed by atoms with Crippen LogP contribution in [0.25, 0.3) is 0 Å². The average molecular weight is 403 g/mol. The Balaban J connectivity index is 1.56. The molecule has 0 N–H and O–H groups in total. The van der Waals surface area contributed by atoms with Crippen LogP contribution in [-0.4, -0.2) is 23.6 Å². The third kappa shape index (κ3) is 2.43. The van der Waals surface area contributed by atoms with E-state index in [4.69, 9.17) is 11.6 Å². The molecule has 2 aliphatic heterocycles. The quantitative estimate of drug-likeness (QED) is 0.608. The van der Waals surface area contributed by atoms with Gasteiger partial charge >= 0.3 is 0 Å². The Labute approximate surface area is 169 Å². The zero-order valence-electron chi connectivity index (χ0n) is 14.8. The van der Waals surface area contributed by atoms with Crippen LogP contribution in [0.3, 0.4) is 0 Å². The van der Waals surface area contributed by atoms with E-state index in [0.29, 0.717) is 16.1 Å². The van der Waals surface area contributed by atoms with E-state index < -0.39 is 23.6 Å². The second-order valence-corrected chi connectivity index (χ2v) is 7.08. The maximum atomic E-state index is 12.8. The molecule has 4 amide bonds. The van der Waals surface area contributed by atoms with Gasteiger partial charge < -0.3 is 0 Å². The first-order valence-electron chi connectivity index (χ1n) is 8.73. The third-order valence-corrected chi connectivity index (χ3v) is 5.22. The van der Waals surface area contributed by atoms with Crippen LogP contribution in [0.4, 0.5) is 11.4 Å². The summed E-state index contributed by atoms with van der Waals surface area (Å²) in [5, 5.41) is 0.353. The van der Waals surface area contributed by atoms with Crippen LogP contribution in [0.5, 0.6) is 0 Å². The molecule has 2 heterocycles. The molecular weight excluding hydrogens is 392 g/mol. The van der Waals surface area contributed by atoms with Gasteiger partial charge in [-0.2, -0.15) is 0 Å². The smallest absolute Gasteiger partial charge is 0.266 e. The lowest BCUT2D eigenvalue weighted by molar-refractivity contribution is 0.0912. The molecule has 29 heavy (non-hydrogen) atoms. The number of carbonyl (C=O) groups excluding carboxylic acids is 4. The third-order valence-electron chi connectivity index (χ3n) is 4.99. The highest BCUT2D eigenvalue weighted by Crippen LogP contribution is 2.34. The molecule has 140 valence electrons. The summed E-state index contributed by atoms with van der Waals surface area (Å²) in [4.78, 5) is 53.1. The van der Waals surface area contributed by atoms with Crippen molar-refractivity contribution in [1.82, 2.24) is 0 Å². The summed E-state index contributed by atoms with van der Waals surface area (Å²) >= 11 is 5.95. The molecular formula is C22H11ClN2O4. The molecule has 0 spiro atoms. The van der Waals surface area contributed by atoms with Crippen molar-refractivity contribution in [2.75, 3.05) is 9.80 Å². The number of anilines is 2. The van der Waals surface area contributed by atoms with Gasteiger partial charge in [-0.15, -0.1) is 0 Å². The highest BCUT2D eigenvalue weighted by atomic mass is 35.5. The fraction of sp³-hybridized carbons (Fsp3) is 0. The molecule has 6 nitrogen and oxygen atoms in total. The molecule has 7 heteroatoms. The molecule has 0 aromatic heterocycles. The van der Waals surface area contributed by atoms with Crippen molar-refractivity contribution < 1.29 is 19.2 Å². The lowest BCUT2D eigenvalue weighted by atomic mass is 10.1. The molecule has 0 saturated carbocycles. The van der Waals surface area contributed by atoms with Crippen LogP contribution in [0.1, 0.15) is 41.4 Å². The summed E-state index contributed by atoms with van der Waals surface area (Å²) in [7, 11) is 0. The molecule has 2 aliphatic rings. The van der Waals surface area contributed by atoms with Gasteiger partial charge in [0.25, 0.3) is 23.6 Å². The fourth-order valence-electron chi connectivity index (χ4n) is 3.64. The second-order valence-electron chi connectivity index (χ2n) is 6.65. The van der Waals surface area contributed by atoms with E-state index in [1.54, 1.807) is 48.5 Å². The number of halogens is 1. The van der Waals surface area contributed by atoms with Gasteiger partial charge in [0.1, 0.15) is 0 Å². The summed E-state index contributed by atoms with van der Waals surface area (Å²) < 4.78 is 0. The number of nitrogens with zero attached hydrogens (tertiary/aromatic N) is 2. The topological polar surface area (TPSA) is 74.8 Å². The Kier molecular flexibility index (Phi) is 3.66. The Hall–Kier alpha value is -3.77. The van der Waals surface area contributed by atoms with E-state index in [0.717, 1.165) is 9.80 Å². The molecule has 0 aliphatic carbocycles. The van der Waals surface area contributed by atoms with Crippen LogP contribution in [0, 0.1) is 0 Å². The van der Waals surface area contributed by atoms with Crippen molar-refractivity contribution in [3.05, 3.63) is 94.0 Å². The molecule has 0 atom stereocenters. The summed E-state index contributed by atoms with van der Waals surface area (Å²) in [5.41, 5.74) is 1.65. The predicted octanol–water partition coefficient (Wildman–Crippen LogP) is 3.94. The average Bonchev–Trinajstić information content (AvgIpc) is 3.12. The predicted molar refractivity (Wildman–Crippen MR) is 107 cm³/mol. The van der Waals surface area contributed by atoms with E-state index in [1.165, 1.54) is 18.2 Å². The van der Waals surface area contributed by atoms with Gasteiger partial charge in [-0.05, 0) is 48.5 Å². The van der Waals surface area contributed by atoms with Crippen molar-refractivity contribution in [3.63, 3.8) is 0 Å². The number of amides is 4. The number of benzene rings is 3. The van der Waals surface area contributed by atoms with Gasteiger partial charge in [-0.1, -0.05) is 29.8 Å². The number of hydrogen-bond acceptors (Lipinski definition) is 4. The molecule has 3 aromatic rings. The molecule has 3 aromatic carbocycles. The highest BCUT2D eigenvalue weighted by molar-refractivity contribution is 6.37. The Morgan fingerprint density at radius 1 is 0.517 bits per heavy atom. The Morgan fingerprint density at radius 2 is 1.00 bits per heavy atom. The maximum absolute atomic E-state index is 12.8. The normalized spacial score (nSPS) is 15.2. The SMILES string of the molecule is O=C1c2ccccc2C(=O)N1c1cccc(N2C(=O)c3ccc(Cl)cc3C2=O)c1. The maximum Gasteiger partial charge on any atom is 0.266 e. The van der Waals surface area contributed by atoms with E-state index in [9.17, 15) is 19.2 Å². The van der Waals surface area contributed by atoms with Crippen molar-refractivity contribution in [1.29, 1.82) is 0 Å². The first kappa shape index (κ1) is 17.3. The first-order valence-corrected chi connectivity index (χ1v) is 9.11. The van der Waals surface area contributed by atoms with Gasteiger partial charge in [0.15, 0.2) is 0 Å². The molecule has 0 saturated heterocycles. The lowest BCUT2D eigenvalue weighted by Gasteiger charge is -2.18. The van der Waals surface area contributed by atoms with E-state index in [2.05, 4.69) is 0 Å². The summed E-state index contributed by atoms with van der Waals surface area (Å²) in [5.74, 6) is -1.89. The Morgan fingerprint density at radius 3 is 1.55 bits per heavy atom. The van der Waals surface area contributed by atoms with Crippen molar-refractivity contribution in [2.45, 2.75) is 0 Å². The molecule has 5 rings (SSSR count). The van der Waals surface area contributed by atoms with Gasteiger partial charge in [0, 0.05) is 5.02 Å². The lowest BCUT2D eigenvalue weighted by Crippen LogP contribution is -2.31. The molecule has 0 unspecified atom stereocenters. The number of hydrogen-bond donors (Lipinski definition) is 0. The van der Waals surface area contributed by atoms with Crippen molar-refractivity contribution in [2.24, 2.45) is 0 Å². The second kappa shape index (κ2) is 6.12. The zero-order valence-corrected chi connectivity index (χ0v) is 15.5. The molecule has 0 bridgehead atoms. The summed E-state index contributed by atoms with van der Waals surface area (Å²) in [6.07, 6.45) is 0. The van der Waals surface area contributed by atoms with Crippen LogP contribution >= 0.6 is 11.6 Å². The van der Waals surface area contributed by atoms with Crippen molar-refractivity contribution >= 4 is 46.6 Å². The van der Waals surface area contributed by atoms with E-state index in [-0.39, 0.29) is 22.5 Å². The summed E-state index contributed by atoms with van der Waals surface area (Å²) in [6.45, 7) is 0. The largest absolute Gasteiger partial charge is 0.268 e. The van der Waals surface area contributed by atoms with Crippen molar-refractivity contribution in [3.8, 4) is 0 Å². The monoisotopic (exact) mass is 402 g/mol. The Bertz CT molecular complexity index is 1230. The number of fused-ring (bicyclic) bond motifs is 2. The highest BCUT2D eigenvalue weighted by Gasteiger charge is 2.39. The van der Waals surface area contributed by atoms with Gasteiger partial charge in [-0.3, -0.25) is 19.2 Å². The summed E-state index contributed by atoms with van der Waals surface area (Å²) in [6, 6.07) is 17.3. The zero-order chi connectivity index (χ0) is 20.3. The van der Waals surface area contributed by atoms with Crippen LogP contribution < -0.4 is 9.80 Å². The van der Waals surface area contributed by atoms with Gasteiger partial charge in [-0.25, -0.2) is 9.80 Å². The minimum atomic E-state index is -0.507. The minimum absolute atomic E-state index is 0.216. The van der Waals surface area contributed by atoms with Crippen LogP contribution in [-0.2, 0) is 0 Å². The van der Waals surface area contributed by atoms with E-state index >= 15 is 0 Å². The van der Waals surface area contributed by atoms with Gasteiger partial charge in [0.2, 0.25) is 0 Å².